The third-order valence-electron chi connectivity index (χ3n) is 2.58. The zero-order valence-corrected chi connectivity index (χ0v) is 10.5. The molecule has 0 fully saturated rings. The van der Waals surface area contributed by atoms with Crippen molar-refractivity contribution in [2.24, 2.45) is 0 Å². The Kier molecular flexibility index (Phi) is 4.16. The highest BCUT2D eigenvalue weighted by Crippen LogP contribution is 2.22. The standard InChI is InChI=1S/C14H12ClN3/c15-13-9-12(10-16)1-2-14(13)18-8-5-11-3-6-17-7-4-11/h1-4,6-7,9,18H,5,8H2. The van der Waals surface area contributed by atoms with Crippen molar-refractivity contribution in [3.05, 3.63) is 58.9 Å². The normalized spacial score (nSPS) is 9.78. The molecule has 0 amide bonds. The number of halogens is 1. The quantitative estimate of drug-likeness (QED) is 0.915. The van der Waals surface area contributed by atoms with E-state index in [0.29, 0.717) is 10.6 Å². The Balaban J connectivity index is 1.93. The number of nitrogens with one attached hydrogen (secondary N) is 1. The molecule has 0 bridgehead atoms. The largest absolute Gasteiger partial charge is 0.384 e. The molecule has 0 spiro atoms. The summed E-state index contributed by atoms with van der Waals surface area (Å²) < 4.78 is 0. The highest BCUT2D eigenvalue weighted by Gasteiger charge is 2.01. The van der Waals surface area contributed by atoms with Gasteiger partial charge in [0.05, 0.1) is 22.3 Å². The molecule has 0 aliphatic rings. The van der Waals surface area contributed by atoms with Crippen LogP contribution in [0.1, 0.15) is 11.1 Å². The van der Waals surface area contributed by atoms with Crippen LogP contribution >= 0.6 is 11.6 Å². The second-order valence-electron chi connectivity index (χ2n) is 3.84. The maximum atomic E-state index is 8.74. The third kappa shape index (κ3) is 3.22. The molecule has 1 N–H and O–H groups in total. The van der Waals surface area contributed by atoms with E-state index in [4.69, 9.17) is 16.9 Å². The van der Waals surface area contributed by atoms with E-state index < -0.39 is 0 Å². The van der Waals surface area contributed by atoms with Gasteiger partial charge in [0.25, 0.3) is 0 Å². The van der Waals surface area contributed by atoms with E-state index in [0.717, 1.165) is 18.7 Å². The van der Waals surface area contributed by atoms with Crippen molar-refractivity contribution in [3.8, 4) is 6.07 Å². The molecular weight excluding hydrogens is 246 g/mol. The smallest absolute Gasteiger partial charge is 0.0992 e. The first-order valence-electron chi connectivity index (χ1n) is 5.62. The summed E-state index contributed by atoms with van der Waals surface area (Å²) in [4.78, 5) is 3.97. The van der Waals surface area contributed by atoms with Gasteiger partial charge in [0, 0.05) is 18.9 Å². The van der Waals surface area contributed by atoms with Crippen molar-refractivity contribution in [1.29, 1.82) is 5.26 Å². The van der Waals surface area contributed by atoms with Gasteiger partial charge in [-0.2, -0.15) is 5.26 Å². The van der Waals surface area contributed by atoms with E-state index in [1.54, 1.807) is 24.5 Å². The summed E-state index contributed by atoms with van der Waals surface area (Å²) >= 11 is 6.07. The lowest BCUT2D eigenvalue weighted by molar-refractivity contribution is 1.01. The number of pyridine rings is 1. The van der Waals surface area contributed by atoms with E-state index in [1.807, 2.05) is 18.2 Å². The van der Waals surface area contributed by atoms with Crippen LogP contribution in [-0.4, -0.2) is 11.5 Å². The summed E-state index contributed by atoms with van der Waals surface area (Å²) in [7, 11) is 0. The maximum absolute atomic E-state index is 8.74. The third-order valence-corrected chi connectivity index (χ3v) is 2.89. The highest BCUT2D eigenvalue weighted by atomic mass is 35.5. The Morgan fingerprint density at radius 2 is 2.00 bits per heavy atom. The van der Waals surface area contributed by atoms with Crippen molar-refractivity contribution in [2.45, 2.75) is 6.42 Å². The van der Waals surface area contributed by atoms with E-state index in [9.17, 15) is 0 Å². The molecule has 0 atom stereocenters. The first kappa shape index (κ1) is 12.4. The molecule has 2 aromatic rings. The molecule has 0 aliphatic carbocycles. The van der Waals surface area contributed by atoms with Crippen molar-refractivity contribution >= 4 is 17.3 Å². The zero-order chi connectivity index (χ0) is 12.8. The molecule has 18 heavy (non-hydrogen) atoms. The molecule has 4 heteroatoms. The van der Waals surface area contributed by atoms with Crippen molar-refractivity contribution < 1.29 is 0 Å². The molecule has 2 rings (SSSR count). The number of nitrogens with zero attached hydrogens (tertiary/aromatic N) is 2. The molecule has 0 saturated heterocycles. The maximum Gasteiger partial charge on any atom is 0.0992 e. The van der Waals surface area contributed by atoms with Crippen LogP contribution in [-0.2, 0) is 6.42 Å². The van der Waals surface area contributed by atoms with Gasteiger partial charge >= 0.3 is 0 Å². The topological polar surface area (TPSA) is 48.7 Å². The summed E-state index contributed by atoms with van der Waals surface area (Å²) in [6.07, 6.45) is 4.47. The minimum Gasteiger partial charge on any atom is -0.384 e. The lowest BCUT2D eigenvalue weighted by Gasteiger charge is -2.08. The molecule has 0 radical (unpaired) electrons. The van der Waals surface area contributed by atoms with Crippen LogP contribution in [0, 0.1) is 11.3 Å². The minimum absolute atomic E-state index is 0.569. The number of nitriles is 1. The molecule has 90 valence electrons. The Hall–Kier alpha value is -2.05. The van der Waals surface area contributed by atoms with Gasteiger partial charge in [-0.1, -0.05) is 11.6 Å². The van der Waals surface area contributed by atoms with Gasteiger partial charge in [0.15, 0.2) is 0 Å². The predicted octanol–water partition coefficient (Wildman–Crippen LogP) is 3.26. The summed E-state index contributed by atoms with van der Waals surface area (Å²) in [5.41, 5.74) is 2.65. The van der Waals surface area contributed by atoms with Crippen LogP contribution in [0.25, 0.3) is 0 Å². The van der Waals surface area contributed by atoms with Gasteiger partial charge in [-0.05, 0) is 42.3 Å². The zero-order valence-electron chi connectivity index (χ0n) is 9.73. The molecule has 0 unspecified atom stereocenters. The molecular formula is C14H12ClN3. The SMILES string of the molecule is N#Cc1ccc(NCCc2ccncc2)c(Cl)c1. The second-order valence-corrected chi connectivity index (χ2v) is 4.25. The van der Waals surface area contributed by atoms with E-state index in [-0.39, 0.29) is 0 Å². The van der Waals surface area contributed by atoms with Crippen LogP contribution < -0.4 is 5.32 Å². The second kappa shape index (κ2) is 6.04. The number of anilines is 1. The van der Waals surface area contributed by atoms with Crippen molar-refractivity contribution in [3.63, 3.8) is 0 Å². The lowest BCUT2D eigenvalue weighted by atomic mass is 10.2. The van der Waals surface area contributed by atoms with E-state index in [2.05, 4.69) is 16.4 Å². The Bertz CT molecular complexity index is 561. The van der Waals surface area contributed by atoms with Gasteiger partial charge in [0.2, 0.25) is 0 Å². The Morgan fingerprint density at radius 3 is 2.67 bits per heavy atom. The predicted molar refractivity (Wildman–Crippen MR) is 72.6 cm³/mol. The van der Waals surface area contributed by atoms with Crippen LogP contribution in [0.5, 0.6) is 0 Å². The molecule has 1 aromatic carbocycles. The van der Waals surface area contributed by atoms with Gasteiger partial charge in [-0.3, -0.25) is 4.98 Å². The van der Waals surface area contributed by atoms with Gasteiger partial charge < -0.3 is 5.32 Å². The van der Waals surface area contributed by atoms with Gasteiger partial charge in [0.1, 0.15) is 0 Å². The van der Waals surface area contributed by atoms with E-state index in [1.165, 1.54) is 5.56 Å². The summed E-state index contributed by atoms with van der Waals surface area (Å²) in [5, 5.41) is 12.6. The van der Waals surface area contributed by atoms with Gasteiger partial charge in [-0.15, -0.1) is 0 Å². The molecule has 1 heterocycles. The van der Waals surface area contributed by atoms with Crippen molar-refractivity contribution in [2.75, 3.05) is 11.9 Å². The molecule has 1 aromatic heterocycles. The number of benzene rings is 1. The molecule has 0 saturated carbocycles. The number of rotatable bonds is 4. The molecule has 3 nitrogen and oxygen atoms in total. The fourth-order valence-electron chi connectivity index (χ4n) is 1.62. The lowest BCUT2D eigenvalue weighted by Crippen LogP contribution is -2.05. The van der Waals surface area contributed by atoms with Crippen LogP contribution in [0.2, 0.25) is 5.02 Å². The summed E-state index contributed by atoms with van der Waals surface area (Å²) in [6, 6.07) is 11.3. The number of hydrogen-bond acceptors (Lipinski definition) is 3. The first-order valence-corrected chi connectivity index (χ1v) is 6.00. The van der Waals surface area contributed by atoms with Gasteiger partial charge in [-0.25, -0.2) is 0 Å². The minimum atomic E-state index is 0.569. The summed E-state index contributed by atoms with van der Waals surface area (Å²) in [5.74, 6) is 0. The highest BCUT2D eigenvalue weighted by molar-refractivity contribution is 6.33. The van der Waals surface area contributed by atoms with Crippen LogP contribution in [0.4, 0.5) is 5.69 Å². The fourth-order valence-corrected chi connectivity index (χ4v) is 1.87. The first-order chi connectivity index (χ1) is 8.79. The average Bonchev–Trinajstić information content (AvgIpc) is 2.42. The van der Waals surface area contributed by atoms with Crippen molar-refractivity contribution in [1.82, 2.24) is 4.98 Å². The number of hydrogen-bond donors (Lipinski definition) is 1. The summed E-state index contributed by atoms with van der Waals surface area (Å²) in [6.45, 7) is 0.787. The van der Waals surface area contributed by atoms with E-state index >= 15 is 0 Å². The molecule has 0 aliphatic heterocycles. The van der Waals surface area contributed by atoms with Crippen LogP contribution in [0.15, 0.2) is 42.7 Å². The Labute approximate surface area is 111 Å². The Morgan fingerprint density at radius 1 is 1.22 bits per heavy atom. The monoisotopic (exact) mass is 257 g/mol. The average molecular weight is 258 g/mol. The van der Waals surface area contributed by atoms with Crippen LogP contribution in [0.3, 0.4) is 0 Å². The number of aromatic nitrogens is 1. The fraction of sp³-hybridized carbons (Fsp3) is 0.143.